The van der Waals surface area contributed by atoms with E-state index in [1.807, 2.05) is 24.3 Å². The van der Waals surface area contributed by atoms with Crippen molar-refractivity contribution in [3.8, 4) is 0 Å². The molecule has 140 valence electrons. The van der Waals surface area contributed by atoms with Crippen molar-refractivity contribution in [3.05, 3.63) is 76.9 Å². The maximum absolute atomic E-state index is 12.6. The molecule has 0 unspecified atom stereocenters. The second-order valence-electron chi connectivity index (χ2n) is 5.77. The van der Waals surface area contributed by atoms with Crippen LogP contribution in [0.2, 0.25) is 5.02 Å². The second-order valence-corrected chi connectivity index (χ2v) is 6.21. The van der Waals surface area contributed by atoms with Gasteiger partial charge in [0.15, 0.2) is 0 Å². The monoisotopic (exact) mass is 392 g/mol. The lowest BCUT2D eigenvalue weighted by atomic mass is 10.1. The lowest BCUT2D eigenvalue weighted by Gasteiger charge is -2.10. The Morgan fingerprint density at radius 2 is 1.78 bits per heavy atom. The van der Waals surface area contributed by atoms with Crippen LogP contribution >= 0.6 is 11.6 Å². The highest BCUT2D eigenvalue weighted by atomic mass is 35.5. The van der Waals surface area contributed by atoms with E-state index >= 15 is 0 Å². The quantitative estimate of drug-likeness (QED) is 0.577. The second kappa shape index (κ2) is 8.26. The molecule has 0 aliphatic carbocycles. The van der Waals surface area contributed by atoms with Gasteiger partial charge in [0.05, 0.1) is 5.56 Å². The molecule has 0 spiro atoms. The van der Waals surface area contributed by atoms with Gasteiger partial charge < -0.3 is 10.6 Å². The summed E-state index contributed by atoms with van der Waals surface area (Å²) in [6.07, 6.45) is -2.02. The van der Waals surface area contributed by atoms with E-state index in [-0.39, 0.29) is 0 Å². The molecule has 3 aromatic rings. The number of hydrogen-bond acceptors (Lipinski definition) is 4. The number of halogens is 4. The lowest BCUT2D eigenvalue weighted by molar-refractivity contribution is -0.137. The first kappa shape index (κ1) is 19.0. The van der Waals surface area contributed by atoms with Gasteiger partial charge in [0.1, 0.15) is 5.82 Å². The molecule has 1 aromatic heterocycles. The SMILES string of the molecule is FC(F)(F)c1ccc(Nc2nccc(NCCc3cccc(Cl)c3)n2)cc1. The molecule has 8 heteroatoms. The van der Waals surface area contributed by atoms with E-state index in [9.17, 15) is 13.2 Å². The Labute approximate surface area is 159 Å². The number of benzene rings is 2. The Morgan fingerprint density at radius 3 is 2.48 bits per heavy atom. The van der Waals surface area contributed by atoms with Gasteiger partial charge in [-0.15, -0.1) is 0 Å². The summed E-state index contributed by atoms with van der Waals surface area (Å²) >= 11 is 5.96. The number of alkyl halides is 3. The molecular weight excluding hydrogens is 377 g/mol. The van der Waals surface area contributed by atoms with Crippen LogP contribution in [0, 0.1) is 0 Å². The third-order valence-electron chi connectivity index (χ3n) is 3.73. The number of aromatic nitrogens is 2. The molecule has 0 bridgehead atoms. The van der Waals surface area contributed by atoms with Crippen molar-refractivity contribution in [3.63, 3.8) is 0 Å². The molecular formula is C19H16ClF3N4. The molecule has 0 aliphatic rings. The van der Waals surface area contributed by atoms with Crippen molar-refractivity contribution in [2.45, 2.75) is 12.6 Å². The minimum Gasteiger partial charge on any atom is -0.370 e. The standard InChI is InChI=1S/C19H16ClF3N4/c20-15-3-1-2-13(12-15)8-10-24-17-9-11-25-18(27-17)26-16-6-4-14(5-7-16)19(21,22)23/h1-7,9,11-12H,8,10H2,(H2,24,25,26,27). The third kappa shape index (κ3) is 5.59. The molecule has 2 aromatic carbocycles. The molecule has 0 amide bonds. The third-order valence-corrected chi connectivity index (χ3v) is 3.97. The summed E-state index contributed by atoms with van der Waals surface area (Å²) in [5.41, 5.74) is 0.872. The summed E-state index contributed by atoms with van der Waals surface area (Å²) < 4.78 is 37.8. The van der Waals surface area contributed by atoms with Crippen LogP contribution in [0.25, 0.3) is 0 Å². The molecule has 2 N–H and O–H groups in total. The zero-order valence-electron chi connectivity index (χ0n) is 14.1. The number of rotatable bonds is 6. The molecule has 0 saturated heterocycles. The fourth-order valence-electron chi connectivity index (χ4n) is 2.42. The number of nitrogens with one attached hydrogen (secondary N) is 2. The molecule has 27 heavy (non-hydrogen) atoms. The van der Waals surface area contributed by atoms with Crippen LogP contribution in [0.1, 0.15) is 11.1 Å². The first-order chi connectivity index (χ1) is 12.9. The summed E-state index contributed by atoms with van der Waals surface area (Å²) in [6, 6.07) is 14.0. The molecule has 4 nitrogen and oxygen atoms in total. The first-order valence-corrected chi connectivity index (χ1v) is 8.53. The fraction of sp³-hybridized carbons (Fsp3) is 0.158. The van der Waals surface area contributed by atoms with Gasteiger partial charge >= 0.3 is 6.18 Å². The van der Waals surface area contributed by atoms with E-state index < -0.39 is 11.7 Å². The van der Waals surface area contributed by atoms with Gasteiger partial charge in [-0.25, -0.2) is 4.98 Å². The zero-order chi connectivity index (χ0) is 19.3. The van der Waals surface area contributed by atoms with Crippen molar-refractivity contribution in [2.24, 2.45) is 0 Å². The van der Waals surface area contributed by atoms with Crippen LogP contribution in [-0.4, -0.2) is 16.5 Å². The highest BCUT2D eigenvalue weighted by molar-refractivity contribution is 6.30. The highest BCUT2D eigenvalue weighted by Gasteiger charge is 2.29. The summed E-state index contributed by atoms with van der Waals surface area (Å²) in [7, 11) is 0. The summed E-state index contributed by atoms with van der Waals surface area (Å²) in [5, 5.41) is 6.77. The Morgan fingerprint density at radius 1 is 1.00 bits per heavy atom. The summed E-state index contributed by atoms with van der Waals surface area (Å²) in [4.78, 5) is 8.39. The number of hydrogen-bond donors (Lipinski definition) is 2. The van der Waals surface area contributed by atoms with Crippen molar-refractivity contribution in [2.75, 3.05) is 17.2 Å². The summed E-state index contributed by atoms with van der Waals surface area (Å²) in [6.45, 7) is 0.650. The van der Waals surface area contributed by atoms with E-state index in [1.54, 1.807) is 12.3 Å². The van der Waals surface area contributed by atoms with Gasteiger partial charge in [0, 0.05) is 23.5 Å². The van der Waals surface area contributed by atoms with Gasteiger partial charge in [-0.05, 0) is 54.4 Å². The Hall–Kier alpha value is -2.80. The van der Waals surface area contributed by atoms with Crippen LogP contribution in [0.5, 0.6) is 0 Å². The molecule has 0 aliphatic heterocycles. The Kier molecular flexibility index (Phi) is 5.81. The minimum atomic E-state index is -4.36. The first-order valence-electron chi connectivity index (χ1n) is 8.16. The van der Waals surface area contributed by atoms with Crippen LogP contribution < -0.4 is 10.6 Å². The molecule has 0 radical (unpaired) electrons. The van der Waals surface area contributed by atoms with E-state index in [2.05, 4.69) is 20.6 Å². The number of anilines is 3. The smallest absolute Gasteiger partial charge is 0.370 e. The molecule has 0 fully saturated rings. The van der Waals surface area contributed by atoms with Gasteiger partial charge in [-0.2, -0.15) is 18.2 Å². The van der Waals surface area contributed by atoms with Crippen LogP contribution in [0.3, 0.4) is 0 Å². The highest BCUT2D eigenvalue weighted by Crippen LogP contribution is 2.30. The van der Waals surface area contributed by atoms with Gasteiger partial charge in [0.2, 0.25) is 5.95 Å². The Bertz CT molecular complexity index is 898. The van der Waals surface area contributed by atoms with Crippen LogP contribution in [0.4, 0.5) is 30.6 Å². The average Bonchev–Trinajstić information content (AvgIpc) is 2.62. The van der Waals surface area contributed by atoms with Crippen molar-refractivity contribution >= 4 is 29.1 Å². The van der Waals surface area contributed by atoms with E-state index in [0.29, 0.717) is 29.0 Å². The predicted octanol–water partition coefficient (Wildman–Crippen LogP) is 5.55. The fourth-order valence-corrected chi connectivity index (χ4v) is 2.63. The molecule has 0 atom stereocenters. The maximum atomic E-state index is 12.6. The van der Waals surface area contributed by atoms with Gasteiger partial charge in [-0.3, -0.25) is 0 Å². The summed E-state index contributed by atoms with van der Waals surface area (Å²) in [5.74, 6) is 0.906. The predicted molar refractivity (Wildman–Crippen MR) is 100 cm³/mol. The van der Waals surface area contributed by atoms with Crippen molar-refractivity contribution in [1.82, 2.24) is 9.97 Å². The van der Waals surface area contributed by atoms with E-state index in [1.165, 1.54) is 12.1 Å². The van der Waals surface area contributed by atoms with E-state index in [4.69, 9.17) is 11.6 Å². The lowest BCUT2D eigenvalue weighted by Crippen LogP contribution is -2.08. The molecule has 3 rings (SSSR count). The van der Waals surface area contributed by atoms with Gasteiger partial charge in [0.25, 0.3) is 0 Å². The average molecular weight is 393 g/mol. The largest absolute Gasteiger partial charge is 0.416 e. The van der Waals surface area contributed by atoms with Crippen molar-refractivity contribution in [1.29, 1.82) is 0 Å². The number of nitrogens with zero attached hydrogens (tertiary/aromatic N) is 2. The van der Waals surface area contributed by atoms with Crippen LogP contribution in [0.15, 0.2) is 60.8 Å². The maximum Gasteiger partial charge on any atom is 0.416 e. The topological polar surface area (TPSA) is 49.8 Å². The van der Waals surface area contributed by atoms with Crippen LogP contribution in [-0.2, 0) is 12.6 Å². The zero-order valence-corrected chi connectivity index (χ0v) is 14.8. The van der Waals surface area contributed by atoms with Gasteiger partial charge in [-0.1, -0.05) is 23.7 Å². The minimum absolute atomic E-state index is 0.294. The molecule has 0 saturated carbocycles. The Balaban J connectivity index is 1.58. The normalized spacial score (nSPS) is 11.3. The van der Waals surface area contributed by atoms with E-state index in [0.717, 1.165) is 24.1 Å². The molecule has 1 heterocycles. The van der Waals surface area contributed by atoms with Crippen molar-refractivity contribution < 1.29 is 13.2 Å².